The molecule has 2 aromatic rings. The van der Waals surface area contributed by atoms with E-state index in [1.165, 1.54) is 0 Å². The number of aromatic nitrogens is 3. The number of pyridine rings is 1. The van der Waals surface area contributed by atoms with Gasteiger partial charge in [0.25, 0.3) is 0 Å². The van der Waals surface area contributed by atoms with Crippen LogP contribution in [0.15, 0.2) is 18.5 Å². The first-order chi connectivity index (χ1) is 9.61. The standard InChI is InChI=1S/C14H19N5O/c1-3-14(2)8-19(6-7-20-14)13-10-4-5-11(15)18-12(10)16-9-17-13/h4-5,9H,3,6-8H2,1-2H3,(H2,15,16,17,18). The Labute approximate surface area is 118 Å². The fourth-order valence-corrected chi connectivity index (χ4v) is 2.52. The molecule has 0 bridgehead atoms. The highest BCUT2D eigenvalue weighted by atomic mass is 16.5. The van der Waals surface area contributed by atoms with Gasteiger partial charge in [-0.3, -0.25) is 0 Å². The topological polar surface area (TPSA) is 77.2 Å². The van der Waals surface area contributed by atoms with Gasteiger partial charge in [0.15, 0.2) is 5.65 Å². The first kappa shape index (κ1) is 13.1. The van der Waals surface area contributed by atoms with Crippen LogP contribution in [0.4, 0.5) is 11.6 Å². The Morgan fingerprint density at radius 3 is 3.05 bits per heavy atom. The third-order valence-electron chi connectivity index (χ3n) is 3.88. The van der Waals surface area contributed by atoms with Crippen molar-refractivity contribution < 1.29 is 4.74 Å². The van der Waals surface area contributed by atoms with Gasteiger partial charge in [-0.25, -0.2) is 15.0 Å². The van der Waals surface area contributed by atoms with Crippen LogP contribution in [0, 0.1) is 0 Å². The molecule has 2 aromatic heterocycles. The Kier molecular flexibility index (Phi) is 3.17. The second-order valence-corrected chi connectivity index (χ2v) is 5.38. The molecule has 0 aliphatic carbocycles. The quantitative estimate of drug-likeness (QED) is 0.895. The molecular weight excluding hydrogens is 254 g/mol. The van der Waals surface area contributed by atoms with Crippen molar-refractivity contribution in [2.75, 3.05) is 30.3 Å². The van der Waals surface area contributed by atoms with Crippen LogP contribution in [0.1, 0.15) is 20.3 Å². The zero-order valence-electron chi connectivity index (χ0n) is 11.8. The molecule has 1 unspecified atom stereocenters. The number of fused-ring (bicyclic) bond motifs is 1. The van der Waals surface area contributed by atoms with E-state index in [2.05, 4.69) is 33.7 Å². The maximum Gasteiger partial charge on any atom is 0.166 e. The molecule has 0 amide bonds. The Balaban J connectivity index is 2.01. The molecule has 106 valence electrons. The average Bonchev–Trinajstić information content (AvgIpc) is 2.46. The number of hydrogen-bond acceptors (Lipinski definition) is 6. The smallest absolute Gasteiger partial charge is 0.166 e. The second kappa shape index (κ2) is 4.86. The lowest BCUT2D eigenvalue weighted by atomic mass is 10.0. The minimum absolute atomic E-state index is 0.128. The van der Waals surface area contributed by atoms with Crippen molar-refractivity contribution in [3.8, 4) is 0 Å². The van der Waals surface area contributed by atoms with E-state index in [0.717, 1.165) is 30.7 Å². The molecule has 6 nitrogen and oxygen atoms in total. The van der Waals surface area contributed by atoms with E-state index in [1.807, 2.05) is 6.07 Å². The zero-order chi connectivity index (χ0) is 14.2. The summed E-state index contributed by atoms with van der Waals surface area (Å²) in [6, 6.07) is 3.72. The van der Waals surface area contributed by atoms with Gasteiger partial charge in [0.2, 0.25) is 0 Å². The molecule has 0 saturated carbocycles. The highest BCUT2D eigenvalue weighted by Gasteiger charge is 2.31. The average molecular weight is 273 g/mol. The zero-order valence-corrected chi connectivity index (χ0v) is 11.8. The number of morpholine rings is 1. The van der Waals surface area contributed by atoms with Crippen LogP contribution in [0.2, 0.25) is 0 Å². The van der Waals surface area contributed by atoms with Gasteiger partial charge >= 0.3 is 0 Å². The van der Waals surface area contributed by atoms with Crippen LogP contribution < -0.4 is 10.6 Å². The molecule has 0 aromatic carbocycles. The van der Waals surface area contributed by atoms with Crippen LogP contribution in [-0.4, -0.2) is 40.2 Å². The summed E-state index contributed by atoms with van der Waals surface area (Å²) in [5.41, 5.74) is 6.22. The lowest BCUT2D eigenvalue weighted by Gasteiger charge is -2.40. The maximum atomic E-state index is 5.88. The fraction of sp³-hybridized carbons (Fsp3) is 0.500. The van der Waals surface area contributed by atoms with E-state index < -0.39 is 0 Å². The SMILES string of the molecule is CCC1(C)CN(c2ncnc3nc(N)ccc23)CCO1. The van der Waals surface area contributed by atoms with Gasteiger partial charge in [-0.05, 0) is 25.5 Å². The molecule has 2 N–H and O–H groups in total. The molecule has 1 atom stereocenters. The Morgan fingerprint density at radius 2 is 2.25 bits per heavy atom. The minimum atomic E-state index is -0.128. The molecule has 1 fully saturated rings. The van der Waals surface area contributed by atoms with Gasteiger partial charge in [0.1, 0.15) is 18.0 Å². The summed E-state index contributed by atoms with van der Waals surface area (Å²) in [7, 11) is 0. The van der Waals surface area contributed by atoms with Gasteiger partial charge in [-0.2, -0.15) is 0 Å². The number of nitrogens with two attached hydrogens (primary N) is 1. The molecule has 3 heterocycles. The summed E-state index contributed by atoms with van der Waals surface area (Å²) in [6.07, 6.45) is 2.51. The van der Waals surface area contributed by atoms with Crippen LogP contribution in [0.25, 0.3) is 11.0 Å². The summed E-state index contributed by atoms with van der Waals surface area (Å²) < 4.78 is 5.88. The Morgan fingerprint density at radius 1 is 1.40 bits per heavy atom. The molecule has 0 radical (unpaired) electrons. The Bertz CT molecular complexity index is 632. The Hall–Kier alpha value is -1.95. The monoisotopic (exact) mass is 273 g/mol. The van der Waals surface area contributed by atoms with Crippen molar-refractivity contribution in [3.63, 3.8) is 0 Å². The summed E-state index contributed by atoms with van der Waals surface area (Å²) >= 11 is 0. The lowest BCUT2D eigenvalue weighted by Crippen LogP contribution is -2.50. The van der Waals surface area contributed by atoms with Gasteiger partial charge < -0.3 is 15.4 Å². The molecule has 1 saturated heterocycles. The second-order valence-electron chi connectivity index (χ2n) is 5.38. The van der Waals surface area contributed by atoms with Crippen LogP contribution in [-0.2, 0) is 4.74 Å². The van der Waals surface area contributed by atoms with Crippen molar-refractivity contribution in [1.29, 1.82) is 0 Å². The number of hydrogen-bond donors (Lipinski definition) is 1. The maximum absolute atomic E-state index is 5.88. The predicted molar refractivity (Wildman–Crippen MR) is 78.6 cm³/mol. The van der Waals surface area contributed by atoms with Crippen molar-refractivity contribution in [3.05, 3.63) is 18.5 Å². The van der Waals surface area contributed by atoms with Gasteiger partial charge in [-0.1, -0.05) is 6.92 Å². The van der Waals surface area contributed by atoms with Crippen molar-refractivity contribution in [2.45, 2.75) is 25.9 Å². The van der Waals surface area contributed by atoms with Crippen LogP contribution in [0.3, 0.4) is 0 Å². The normalized spacial score (nSPS) is 23.2. The molecule has 3 rings (SSSR count). The molecule has 20 heavy (non-hydrogen) atoms. The molecule has 6 heteroatoms. The van der Waals surface area contributed by atoms with E-state index >= 15 is 0 Å². The number of nitrogen functional groups attached to an aromatic ring is 1. The number of rotatable bonds is 2. The van der Waals surface area contributed by atoms with Gasteiger partial charge in [0, 0.05) is 13.1 Å². The summed E-state index contributed by atoms with van der Waals surface area (Å²) in [4.78, 5) is 15.1. The first-order valence-corrected chi connectivity index (χ1v) is 6.87. The molecule has 1 aliphatic rings. The van der Waals surface area contributed by atoms with Crippen LogP contribution in [0.5, 0.6) is 0 Å². The molecule has 0 spiro atoms. The largest absolute Gasteiger partial charge is 0.384 e. The fourth-order valence-electron chi connectivity index (χ4n) is 2.52. The van der Waals surface area contributed by atoms with E-state index in [1.54, 1.807) is 12.4 Å². The number of anilines is 2. The highest BCUT2D eigenvalue weighted by molar-refractivity contribution is 5.87. The van der Waals surface area contributed by atoms with E-state index in [9.17, 15) is 0 Å². The van der Waals surface area contributed by atoms with E-state index in [-0.39, 0.29) is 5.60 Å². The van der Waals surface area contributed by atoms with Crippen molar-refractivity contribution in [2.24, 2.45) is 0 Å². The summed E-state index contributed by atoms with van der Waals surface area (Å²) in [5, 5.41) is 0.932. The van der Waals surface area contributed by atoms with Crippen molar-refractivity contribution >= 4 is 22.7 Å². The van der Waals surface area contributed by atoms with E-state index in [0.29, 0.717) is 18.1 Å². The molecule has 1 aliphatic heterocycles. The minimum Gasteiger partial charge on any atom is -0.384 e. The first-order valence-electron chi connectivity index (χ1n) is 6.87. The molecular formula is C14H19N5O. The van der Waals surface area contributed by atoms with Crippen LogP contribution >= 0.6 is 0 Å². The van der Waals surface area contributed by atoms with Gasteiger partial charge in [-0.15, -0.1) is 0 Å². The van der Waals surface area contributed by atoms with E-state index in [4.69, 9.17) is 10.5 Å². The van der Waals surface area contributed by atoms with Crippen molar-refractivity contribution in [1.82, 2.24) is 15.0 Å². The number of nitrogens with zero attached hydrogens (tertiary/aromatic N) is 4. The lowest BCUT2D eigenvalue weighted by molar-refractivity contribution is -0.0442. The highest BCUT2D eigenvalue weighted by Crippen LogP contribution is 2.28. The predicted octanol–water partition coefficient (Wildman–Crippen LogP) is 1.61. The third-order valence-corrected chi connectivity index (χ3v) is 3.88. The summed E-state index contributed by atoms with van der Waals surface area (Å²) in [6.45, 7) is 6.63. The number of ether oxygens (including phenoxy) is 1. The van der Waals surface area contributed by atoms with Gasteiger partial charge in [0.05, 0.1) is 17.6 Å². The summed E-state index contributed by atoms with van der Waals surface area (Å²) in [5.74, 6) is 1.38. The third kappa shape index (κ3) is 2.27.